The van der Waals surface area contributed by atoms with Gasteiger partial charge in [-0.15, -0.1) is 0 Å². The Labute approximate surface area is 205 Å². The molecule has 2 spiro atoms. The van der Waals surface area contributed by atoms with Gasteiger partial charge in [0.2, 0.25) is 0 Å². The van der Waals surface area contributed by atoms with Gasteiger partial charge in [0, 0.05) is 53.6 Å². The molecule has 35 heavy (non-hydrogen) atoms. The van der Waals surface area contributed by atoms with E-state index in [2.05, 4.69) is 18.4 Å². The Morgan fingerprint density at radius 1 is 1.23 bits per heavy atom. The molecule has 9 aliphatic rings. The van der Waals surface area contributed by atoms with Crippen LogP contribution in [0, 0.1) is 39.9 Å². The third-order valence-corrected chi connectivity index (χ3v) is 12.1. The molecule has 0 radical (unpaired) electrons. The summed E-state index contributed by atoms with van der Waals surface area (Å²) in [6.45, 7) is 12.1. The van der Waals surface area contributed by atoms with E-state index in [4.69, 9.17) is 9.47 Å². The zero-order valence-corrected chi connectivity index (χ0v) is 20.9. The SMILES string of the molecule is C=C1CC23CC4C5C6(C)CN4C4C5(CC(OC(=O)C(C)CC)C6OC(C)=O)C2C(O)C1C(O)C43O. The molecular weight excluding hydrogens is 450 g/mol. The van der Waals surface area contributed by atoms with Crippen LogP contribution in [-0.4, -0.2) is 80.8 Å². The van der Waals surface area contributed by atoms with Gasteiger partial charge in [-0.2, -0.15) is 0 Å². The third kappa shape index (κ3) is 2.05. The van der Waals surface area contributed by atoms with Gasteiger partial charge in [0.25, 0.3) is 0 Å². The summed E-state index contributed by atoms with van der Waals surface area (Å²) in [4.78, 5) is 27.6. The highest BCUT2D eigenvalue weighted by Gasteiger charge is 2.95. The summed E-state index contributed by atoms with van der Waals surface area (Å²) in [5.74, 6) is -1.69. The molecule has 15 unspecified atom stereocenters. The third-order valence-electron chi connectivity index (χ3n) is 12.1. The quantitative estimate of drug-likeness (QED) is 0.398. The summed E-state index contributed by atoms with van der Waals surface area (Å²) >= 11 is 0. The molecule has 3 aliphatic heterocycles. The van der Waals surface area contributed by atoms with Crippen molar-refractivity contribution in [3.05, 3.63) is 12.2 Å². The Kier molecular flexibility index (Phi) is 4.10. The number of nitrogens with zero attached hydrogens (tertiary/aromatic N) is 1. The Hall–Kier alpha value is -1.48. The topological polar surface area (TPSA) is 117 Å². The van der Waals surface area contributed by atoms with Crippen LogP contribution in [0.1, 0.15) is 53.4 Å². The second-order valence-corrected chi connectivity index (χ2v) is 13.2. The molecular formula is C27H37NO7. The highest BCUT2D eigenvalue weighted by Crippen LogP contribution is 2.88. The van der Waals surface area contributed by atoms with Gasteiger partial charge in [0.1, 0.15) is 17.8 Å². The van der Waals surface area contributed by atoms with Crippen LogP contribution in [0.25, 0.3) is 0 Å². The molecule has 15 atom stereocenters. The molecule has 3 saturated heterocycles. The Morgan fingerprint density at radius 3 is 2.60 bits per heavy atom. The van der Waals surface area contributed by atoms with Crippen LogP contribution >= 0.6 is 0 Å². The zero-order valence-electron chi connectivity index (χ0n) is 20.9. The number of hydrogen-bond acceptors (Lipinski definition) is 8. The first-order valence-corrected chi connectivity index (χ1v) is 13.3. The average molecular weight is 488 g/mol. The van der Waals surface area contributed by atoms with E-state index in [1.54, 1.807) is 0 Å². The second-order valence-electron chi connectivity index (χ2n) is 13.2. The van der Waals surface area contributed by atoms with Crippen LogP contribution in [0.2, 0.25) is 0 Å². The smallest absolute Gasteiger partial charge is 0.309 e. The molecule has 3 heterocycles. The van der Waals surface area contributed by atoms with E-state index in [1.165, 1.54) is 6.92 Å². The zero-order chi connectivity index (χ0) is 25.0. The molecule has 9 rings (SSSR count). The lowest BCUT2D eigenvalue weighted by molar-refractivity contribution is -0.282. The van der Waals surface area contributed by atoms with Gasteiger partial charge in [-0.05, 0) is 31.6 Å². The normalized spacial score (nSPS) is 60.7. The fraction of sp³-hybridized carbons (Fsp3) is 0.852. The van der Waals surface area contributed by atoms with Crippen LogP contribution in [0.15, 0.2) is 12.2 Å². The summed E-state index contributed by atoms with van der Waals surface area (Å²) in [5, 5.41) is 35.8. The first-order chi connectivity index (χ1) is 16.4. The molecule has 6 aliphatic carbocycles. The number of carbonyl (C=O) groups excluding carboxylic acids is 2. The number of esters is 2. The van der Waals surface area contributed by atoms with Gasteiger partial charge in [-0.1, -0.05) is 32.9 Å². The average Bonchev–Trinajstić information content (AvgIpc) is 3.21. The maximum Gasteiger partial charge on any atom is 0.309 e. The largest absolute Gasteiger partial charge is 0.458 e. The van der Waals surface area contributed by atoms with Crippen molar-refractivity contribution in [1.29, 1.82) is 0 Å². The lowest BCUT2D eigenvalue weighted by atomic mass is 9.38. The van der Waals surface area contributed by atoms with Crippen LogP contribution in [0.4, 0.5) is 0 Å². The van der Waals surface area contributed by atoms with E-state index in [0.717, 1.165) is 5.57 Å². The number of aliphatic hydroxyl groups excluding tert-OH is 2. The van der Waals surface area contributed by atoms with Gasteiger partial charge >= 0.3 is 11.9 Å². The molecule has 3 N–H and O–H groups in total. The highest BCUT2D eigenvalue weighted by atomic mass is 16.6. The van der Waals surface area contributed by atoms with Crippen molar-refractivity contribution in [2.24, 2.45) is 39.9 Å². The predicted octanol–water partition coefficient (Wildman–Crippen LogP) is 1.02. The van der Waals surface area contributed by atoms with Crippen LogP contribution < -0.4 is 0 Å². The molecule has 8 heteroatoms. The standard InChI is InChI=1S/C27H37NO7/c1-6-11(2)22(32)35-15-9-26-18-14-8-25-7-12(3)16(17(30)19(25)26)20(31)27(25,33)23(26)28(14)10-24(18,5)21(15)34-13(4)29/h11,14-21,23,30-31,33H,3,6-10H2,1-2,4-5H3. The number of ether oxygens (including phenoxy) is 2. The maximum absolute atomic E-state index is 13.0. The lowest BCUT2D eigenvalue weighted by Gasteiger charge is -2.68. The minimum absolute atomic E-state index is 0.0713. The van der Waals surface area contributed by atoms with Crippen molar-refractivity contribution >= 4 is 11.9 Å². The van der Waals surface area contributed by atoms with Crippen molar-refractivity contribution in [3.8, 4) is 0 Å². The number of carbonyl (C=O) groups is 2. The van der Waals surface area contributed by atoms with Crippen molar-refractivity contribution in [2.75, 3.05) is 6.54 Å². The van der Waals surface area contributed by atoms with Crippen LogP contribution in [0.3, 0.4) is 0 Å². The summed E-state index contributed by atoms with van der Waals surface area (Å²) in [6.07, 6.45) is -0.752. The molecule has 6 saturated carbocycles. The molecule has 0 aromatic heterocycles. The number of hydrogen-bond donors (Lipinski definition) is 3. The van der Waals surface area contributed by atoms with Crippen LogP contribution in [-0.2, 0) is 19.1 Å². The molecule has 9 bridgehead atoms. The summed E-state index contributed by atoms with van der Waals surface area (Å²) < 4.78 is 12.1. The number of aliphatic hydroxyl groups is 3. The lowest BCUT2D eigenvalue weighted by Crippen LogP contribution is -2.76. The minimum Gasteiger partial charge on any atom is -0.458 e. The Balaban J connectivity index is 1.40. The van der Waals surface area contributed by atoms with E-state index in [9.17, 15) is 24.9 Å². The van der Waals surface area contributed by atoms with Gasteiger partial charge < -0.3 is 24.8 Å². The molecule has 192 valence electrons. The number of rotatable bonds is 4. The maximum atomic E-state index is 13.0. The first-order valence-electron chi connectivity index (χ1n) is 13.3. The monoisotopic (exact) mass is 487 g/mol. The van der Waals surface area contributed by atoms with Gasteiger partial charge in [0.05, 0.1) is 18.1 Å². The van der Waals surface area contributed by atoms with E-state index in [-0.39, 0.29) is 35.8 Å². The van der Waals surface area contributed by atoms with Crippen molar-refractivity contribution < 1.29 is 34.4 Å². The molecule has 9 fully saturated rings. The molecule has 0 aromatic rings. The Bertz CT molecular complexity index is 1060. The molecule has 0 amide bonds. The second kappa shape index (κ2) is 6.32. The van der Waals surface area contributed by atoms with E-state index >= 15 is 0 Å². The molecule has 0 aromatic carbocycles. The number of piperidine rings is 2. The first kappa shape index (κ1) is 22.7. The van der Waals surface area contributed by atoms with Crippen molar-refractivity contribution in [2.45, 2.75) is 95.5 Å². The Morgan fingerprint density at radius 2 is 1.94 bits per heavy atom. The van der Waals surface area contributed by atoms with E-state index in [1.807, 2.05) is 13.8 Å². The van der Waals surface area contributed by atoms with Gasteiger partial charge in [0.15, 0.2) is 0 Å². The fourth-order valence-electron chi connectivity index (χ4n) is 11.5. The van der Waals surface area contributed by atoms with Gasteiger partial charge in [-0.25, -0.2) is 0 Å². The summed E-state index contributed by atoms with van der Waals surface area (Å²) in [5.41, 5.74) is -2.15. The number of fused-ring (bicyclic) bond motifs is 1. The fourth-order valence-corrected chi connectivity index (χ4v) is 11.5. The summed E-state index contributed by atoms with van der Waals surface area (Å²) in [7, 11) is 0. The van der Waals surface area contributed by atoms with E-state index < -0.39 is 58.1 Å². The van der Waals surface area contributed by atoms with E-state index in [0.29, 0.717) is 32.2 Å². The molecule has 8 nitrogen and oxygen atoms in total. The van der Waals surface area contributed by atoms with Crippen molar-refractivity contribution in [1.82, 2.24) is 4.90 Å². The van der Waals surface area contributed by atoms with Crippen molar-refractivity contribution in [3.63, 3.8) is 0 Å². The minimum atomic E-state index is -1.34. The predicted molar refractivity (Wildman–Crippen MR) is 123 cm³/mol. The summed E-state index contributed by atoms with van der Waals surface area (Å²) in [6, 6.07) is -0.143. The van der Waals surface area contributed by atoms with Crippen LogP contribution in [0.5, 0.6) is 0 Å². The highest BCUT2D eigenvalue weighted by molar-refractivity contribution is 5.72. The van der Waals surface area contributed by atoms with Gasteiger partial charge in [-0.3, -0.25) is 14.5 Å².